The van der Waals surface area contributed by atoms with Crippen LogP contribution in [0.3, 0.4) is 0 Å². The Morgan fingerprint density at radius 2 is 2.09 bits per heavy atom. The number of aromatic amines is 1. The Hall–Kier alpha value is -1.31. The number of H-pyrrole nitrogens is 1. The van der Waals surface area contributed by atoms with Gasteiger partial charge in [0.15, 0.2) is 0 Å². The van der Waals surface area contributed by atoms with Gasteiger partial charge in [-0.25, -0.2) is 19.7 Å². The van der Waals surface area contributed by atoms with Crippen molar-refractivity contribution in [3.63, 3.8) is 0 Å². The molecule has 0 fully saturated rings. The summed E-state index contributed by atoms with van der Waals surface area (Å²) in [5.41, 5.74) is 3.13. The summed E-state index contributed by atoms with van der Waals surface area (Å²) in [5, 5.41) is 5.45. The highest BCUT2D eigenvalue weighted by atomic mass is 79.9. The van der Waals surface area contributed by atoms with Crippen molar-refractivity contribution in [3.8, 4) is 11.3 Å². The van der Waals surface area contributed by atoms with Crippen LogP contribution >= 0.6 is 26.0 Å². The number of nitrogens with one attached hydrogen (secondary N) is 1. The second-order valence-electron chi connectivity index (χ2n) is 6.38. The highest BCUT2D eigenvalue weighted by Crippen LogP contribution is 2.33. The highest BCUT2D eigenvalue weighted by Gasteiger charge is 2.07. The lowest BCUT2D eigenvalue weighted by molar-refractivity contribution is 0.0809. The first-order valence-electron chi connectivity index (χ1n) is 7.31. The maximum atomic E-state index is 5.71. The van der Waals surface area contributed by atoms with E-state index < -0.39 is 10.0 Å². The molecule has 3 rings (SSSR count). The van der Waals surface area contributed by atoms with E-state index in [1.54, 1.807) is 0 Å². The summed E-state index contributed by atoms with van der Waals surface area (Å²) < 4.78 is 8.36. The fourth-order valence-electron chi connectivity index (χ4n) is 2.20. The van der Waals surface area contributed by atoms with E-state index in [-0.39, 0.29) is 0 Å². The second-order valence-corrected chi connectivity index (χ2v) is 11.8. The predicted octanol–water partition coefficient (Wildman–Crippen LogP) is 3.86. The molecule has 23 heavy (non-hydrogen) atoms. The summed E-state index contributed by atoms with van der Waals surface area (Å²) in [6.45, 7) is 1.27. The molecule has 0 saturated heterocycles. The smallest absolute Gasteiger partial charge is 0.139 e. The molecule has 3 aromatic rings. The minimum Gasteiger partial charge on any atom is -0.358 e. The maximum Gasteiger partial charge on any atom is 0.139 e. The average molecular weight is 397 g/mol. The second kappa shape index (κ2) is 6.67. The summed E-state index contributed by atoms with van der Waals surface area (Å²) in [6, 6.07) is 4.06. The summed E-state index contributed by atoms with van der Waals surface area (Å²) in [7, 11) is -0.504. The molecule has 0 spiro atoms. The minimum atomic E-state index is -0.504. The molecule has 124 valence electrons. The van der Waals surface area contributed by atoms with Crippen molar-refractivity contribution in [1.82, 2.24) is 19.7 Å². The summed E-state index contributed by atoms with van der Waals surface area (Å²) in [4.78, 5) is 7.64. The van der Waals surface area contributed by atoms with E-state index in [0.29, 0.717) is 6.73 Å². The third kappa shape index (κ3) is 4.37. The Morgan fingerprint density at radius 1 is 1.26 bits per heavy atom. The van der Waals surface area contributed by atoms with E-state index in [4.69, 9.17) is 4.74 Å². The number of ether oxygens (including phenoxy) is 1. The van der Waals surface area contributed by atoms with Gasteiger partial charge in [0, 0.05) is 34.8 Å². The number of pyridine rings is 1. The third-order valence-corrected chi connectivity index (χ3v) is 5.30. The van der Waals surface area contributed by atoms with Gasteiger partial charge in [-0.05, 0) is 46.8 Å². The van der Waals surface area contributed by atoms with Crippen molar-refractivity contribution >= 4 is 36.9 Å². The molecule has 0 aliphatic carbocycles. The number of aromatic nitrogens is 4. The Kier molecular flexibility index (Phi) is 4.79. The molecular weight excluding hydrogens is 376 g/mol. The van der Waals surface area contributed by atoms with Crippen LogP contribution in [0.5, 0.6) is 0 Å². The minimum absolute atomic E-state index is 0.489. The summed E-state index contributed by atoms with van der Waals surface area (Å²) in [5.74, 6) is 1.12. The summed E-state index contributed by atoms with van der Waals surface area (Å²) >= 11 is 3.39. The van der Waals surface area contributed by atoms with Crippen molar-refractivity contribution < 1.29 is 4.74 Å². The van der Waals surface area contributed by atoms with Crippen LogP contribution < -0.4 is 0 Å². The normalized spacial score (nSPS) is 12.9. The maximum absolute atomic E-state index is 5.71. The largest absolute Gasteiger partial charge is 0.358 e. The molecule has 0 radical (unpaired) electrons. The zero-order valence-corrected chi connectivity index (χ0v) is 15.9. The number of hydrogen-bond donors (Lipinski definition) is 1. The molecule has 5 nitrogen and oxygen atoms in total. The summed E-state index contributed by atoms with van der Waals surface area (Å²) in [6.07, 6.45) is 12.6. The molecule has 1 N–H and O–H groups in total. The van der Waals surface area contributed by atoms with E-state index in [2.05, 4.69) is 55.8 Å². The molecule has 0 aliphatic heterocycles. The molecular formula is C16H21BrN4OS. The van der Waals surface area contributed by atoms with Crippen LogP contribution in [0.2, 0.25) is 0 Å². The van der Waals surface area contributed by atoms with Crippen LogP contribution in [-0.2, 0) is 11.5 Å². The van der Waals surface area contributed by atoms with Crippen molar-refractivity contribution in [2.24, 2.45) is 0 Å². The monoisotopic (exact) mass is 396 g/mol. The van der Waals surface area contributed by atoms with E-state index in [9.17, 15) is 0 Å². The van der Waals surface area contributed by atoms with E-state index >= 15 is 0 Å². The van der Waals surface area contributed by atoms with Gasteiger partial charge >= 0.3 is 0 Å². The first-order chi connectivity index (χ1) is 10.9. The Balaban J connectivity index is 1.66. The lowest BCUT2D eigenvalue weighted by Crippen LogP contribution is -2.10. The van der Waals surface area contributed by atoms with Crippen molar-refractivity contribution in [3.05, 3.63) is 35.3 Å². The van der Waals surface area contributed by atoms with Gasteiger partial charge in [-0.3, -0.25) is 0 Å². The van der Waals surface area contributed by atoms with Gasteiger partial charge in [-0.2, -0.15) is 5.10 Å². The van der Waals surface area contributed by atoms with Crippen molar-refractivity contribution in [2.75, 3.05) is 31.1 Å². The van der Waals surface area contributed by atoms with Gasteiger partial charge in [-0.1, -0.05) is 0 Å². The van der Waals surface area contributed by atoms with Gasteiger partial charge in [0.05, 0.1) is 18.3 Å². The van der Waals surface area contributed by atoms with Crippen LogP contribution in [0.15, 0.2) is 35.3 Å². The highest BCUT2D eigenvalue weighted by molar-refractivity contribution is 9.10. The molecule has 3 heterocycles. The molecule has 7 heteroatoms. The Bertz CT molecular complexity index is 806. The van der Waals surface area contributed by atoms with Gasteiger partial charge in [0.1, 0.15) is 11.3 Å². The Labute approximate surface area is 145 Å². The molecule has 0 bridgehead atoms. The average Bonchev–Trinajstić information content (AvgIpc) is 3.08. The SMILES string of the molecule is CS(C)(C)CCOCn1cc(-c2cc3cnc(Br)cc3[nH]2)cn1. The van der Waals surface area contributed by atoms with Crippen molar-refractivity contribution in [2.45, 2.75) is 6.73 Å². The number of rotatable bonds is 6. The fraction of sp³-hybridized carbons (Fsp3) is 0.375. The third-order valence-electron chi connectivity index (χ3n) is 3.48. The molecule has 0 saturated carbocycles. The van der Waals surface area contributed by atoms with E-state index in [0.717, 1.165) is 39.1 Å². The van der Waals surface area contributed by atoms with Crippen LogP contribution in [0, 0.1) is 0 Å². The quantitative estimate of drug-likeness (QED) is 0.508. The fourth-order valence-corrected chi connectivity index (χ4v) is 3.15. The lowest BCUT2D eigenvalue weighted by Gasteiger charge is -2.24. The number of fused-ring (bicyclic) bond motifs is 1. The predicted molar refractivity (Wildman–Crippen MR) is 101 cm³/mol. The van der Waals surface area contributed by atoms with E-state index in [1.165, 1.54) is 0 Å². The van der Waals surface area contributed by atoms with E-state index in [1.807, 2.05) is 29.3 Å². The molecule has 0 atom stereocenters. The standard InChI is InChI=1S/C16H21BrN4OS/c1-23(2,3)5-4-22-11-21-10-13(9-19-21)14-6-12-8-18-16(17)7-15(12)20-14/h6-10,20H,4-5,11H2,1-3H3. The molecule has 0 amide bonds. The van der Waals surface area contributed by atoms with Gasteiger partial charge in [0.25, 0.3) is 0 Å². The Morgan fingerprint density at radius 3 is 2.87 bits per heavy atom. The van der Waals surface area contributed by atoms with Gasteiger partial charge < -0.3 is 9.72 Å². The van der Waals surface area contributed by atoms with Crippen LogP contribution in [-0.4, -0.2) is 50.9 Å². The molecule has 3 aromatic heterocycles. The number of nitrogens with zero attached hydrogens (tertiary/aromatic N) is 3. The van der Waals surface area contributed by atoms with Crippen LogP contribution in [0.4, 0.5) is 0 Å². The number of halogens is 1. The first-order valence-corrected chi connectivity index (χ1v) is 11.1. The lowest BCUT2D eigenvalue weighted by atomic mass is 10.2. The zero-order valence-electron chi connectivity index (χ0n) is 13.5. The van der Waals surface area contributed by atoms with Gasteiger partial charge in [-0.15, -0.1) is 0 Å². The number of hydrogen-bond acceptors (Lipinski definition) is 3. The first kappa shape index (κ1) is 16.5. The van der Waals surface area contributed by atoms with Crippen LogP contribution in [0.25, 0.3) is 22.2 Å². The topological polar surface area (TPSA) is 55.7 Å². The van der Waals surface area contributed by atoms with Crippen molar-refractivity contribution in [1.29, 1.82) is 0 Å². The molecule has 0 aromatic carbocycles. The van der Waals surface area contributed by atoms with Crippen LogP contribution in [0.1, 0.15) is 0 Å². The molecule has 0 aliphatic rings. The zero-order chi connectivity index (χ0) is 16.4. The van der Waals surface area contributed by atoms with Gasteiger partial charge in [0.2, 0.25) is 0 Å². The molecule has 0 unspecified atom stereocenters.